The molecule has 0 aromatic carbocycles. The zero-order valence-electron chi connectivity index (χ0n) is 16.6. The molecule has 0 unspecified atom stereocenters. The van der Waals surface area contributed by atoms with E-state index in [1.807, 2.05) is 0 Å². The Kier molecular flexibility index (Phi) is 3.82. The van der Waals surface area contributed by atoms with Crippen molar-refractivity contribution < 1.29 is 9.53 Å². The summed E-state index contributed by atoms with van der Waals surface area (Å²) in [7, 11) is 0. The number of aromatic nitrogens is 1. The molecule has 0 bridgehead atoms. The molecule has 0 saturated heterocycles. The van der Waals surface area contributed by atoms with E-state index in [9.17, 15) is 4.79 Å². The molecule has 6 atom stereocenters. The highest BCUT2D eigenvalue weighted by Crippen LogP contribution is 2.64. The van der Waals surface area contributed by atoms with E-state index >= 15 is 0 Å². The molecule has 2 saturated carbocycles. The average Bonchev–Trinajstić information content (AvgIpc) is 3.10. The zero-order valence-corrected chi connectivity index (χ0v) is 17.4. The van der Waals surface area contributed by atoms with Gasteiger partial charge in [-0.15, -0.1) is 11.3 Å². The van der Waals surface area contributed by atoms with Crippen molar-refractivity contribution in [2.24, 2.45) is 23.2 Å². The van der Waals surface area contributed by atoms with E-state index in [0.717, 1.165) is 42.7 Å². The standard InChI is InChI=1S/C22H30N2O2S/c1-12(25)26-14-6-8-21(2)13(10-14)4-5-15-16(21)7-9-22(3)17(15)11-18-19(22)24-20(23)27-18/h4,14-17H,5-11H2,1-3H3,(H2,23,24)/t14-,15+,16-,17-,21-,22-/m0/s1. The van der Waals surface area contributed by atoms with Crippen LogP contribution in [0, 0.1) is 23.2 Å². The summed E-state index contributed by atoms with van der Waals surface area (Å²) >= 11 is 1.71. The minimum atomic E-state index is -0.143. The lowest BCUT2D eigenvalue weighted by Crippen LogP contribution is -2.51. The van der Waals surface area contributed by atoms with Gasteiger partial charge in [0.2, 0.25) is 0 Å². The van der Waals surface area contributed by atoms with Gasteiger partial charge < -0.3 is 10.5 Å². The van der Waals surface area contributed by atoms with Crippen LogP contribution in [-0.4, -0.2) is 17.1 Å². The first-order valence-corrected chi connectivity index (χ1v) is 11.3. The molecule has 1 heterocycles. The molecule has 27 heavy (non-hydrogen) atoms. The number of nitrogens with zero attached hydrogens (tertiary/aromatic N) is 1. The number of allylic oxidation sites excluding steroid dienone is 1. The summed E-state index contributed by atoms with van der Waals surface area (Å²) in [4.78, 5) is 17.6. The summed E-state index contributed by atoms with van der Waals surface area (Å²) in [5.74, 6) is 2.05. The molecule has 0 amide bonds. The lowest BCUT2D eigenvalue weighted by atomic mass is 9.48. The first-order chi connectivity index (χ1) is 12.8. The maximum Gasteiger partial charge on any atom is 0.302 e. The van der Waals surface area contributed by atoms with Gasteiger partial charge in [0.25, 0.3) is 0 Å². The number of carbonyl (C=O) groups excluding carboxylic acids is 1. The molecular weight excluding hydrogens is 356 g/mol. The predicted octanol–water partition coefficient (Wildman–Crippen LogP) is 4.63. The average molecular weight is 387 g/mol. The largest absolute Gasteiger partial charge is 0.462 e. The van der Waals surface area contributed by atoms with Crippen LogP contribution in [-0.2, 0) is 21.4 Å². The normalized spacial score (nSPS) is 42.4. The second kappa shape index (κ2) is 5.82. The molecule has 4 aliphatic carbocycles. The lowest BCUT2D eigenvalue weighted by molar-refractivity contribution is -0.148. The highest BCUT2D eigenvalue weighted by molar-refractivity contribution is 7.15. The van der Waals surface area contributed by atoms with Crippen LogP contribution < -0.4 is 5.73 Å². The number of rotatable bonds is 1. The van der Waals surface area contributed by atoms with E-state index < -0.39 is 0 Å². The number of fused-ring (bicyclic) bond motifs is 7. The fourth-order valence-corrected chi connectivity index (χ4v) is 8.14. The van der Waals surface area contributed by atoms with Gasteiger partial charge in [0, 0.05) is 23.6 Å². The van der Waals surface area contributed by atoms with Crippen molar-refractivity contribution >= 4 is 22.4 Å². The summed E-state index contributed by atoms with van der Waals surface area (Å²) in [5, 5.41) is 0.739. The van der Waals surface area contributed by atoms with Crippen LogP contribution in [0.3, 0.4) is 0 Å². The van der Waals surface area contributed by atoms with Crippen LogP contribution in [0.25, 0.3) is 0 Å². The maximum atomic E-state index is 11.4. The number of ether oxygens (including phenoxy) is 1. The third-order valence-corrected chi connectivity index (χ3v) is 9.35. The van der Waals surface area contributed by atoms with E-state index in [0.29, 0.717) is 5.92 Å². The zero-order chi connectivity index (χ0) is 19.0. The Morgan fingerprint density at radius 3 is 2.78 bits per heavy atom. The van der Waals surface area contributed by atoms with Gasteiger partial charge >= 0.3 is 5.97 Å². The molecule has 0 radical (unpaired) electrons. The minimum Gasteiger partial charge on any atom is -0.462 e. The van der Waals surface area contributed by atoms with Gasteiger partial charge in [-0.05, 0) is 61.7 Å². The van der Waals surface area contributed by atoms with Crippen LogP contribution in [0.15, 0.2) is 11.6 Å². The molecule has 5 heteroatoms. The number of hydrogen-bond acceptors (Lipinski definition) is 5. The van der Waals surface area contributed by atoms with Crippen LogP contribution in [0.4, 0.5) is 5.13 Å². The van der Waals surface area contributed by atoms with E-state index in [1.165, 1.54) is 36.8 Å². The molecule has 1 aromatic rings. The Bertz CT molecular complexity index is 830. The van der Waals surface area contributed by atoms with Crippen molar-refractivity contribution in [2.45, 2.75) is 77.2 Å². The minimum absolute atomic E-state index is 0.0814. The van der Waals surface area contributed by atoms with Gasteiger partial charge in [0.1, 0.15) is 6.10 Å². The first kappa shape index (κ1) is 17.7. The van der Waals surface area contributed by atoms with Crippen molar-refractivity contribution in [2.75, 3.05) is 5.73 Å². The van der Waals surface area contributed by atoms with Crippen LogP contribution in [0.1, 0.15) is 69.9 Å². The second-order valence-corrected chi connectivity index (χ2v) is 10.8. The van der Waals surface area contributed by atoms with Gasteiger partial charge in [-0.25, -0.2) is 4.98 Å². The van der Waals surface area contributed by atoms with E-state index in [-0.39, 0.29) is 22.9 Å². The smallest absolute Gasteiger partial charge is 0.302 e. The predicted molar refractivity (Wildman–Crippen MR) is 107 cm³/mol. The Hall–Kier alpha value is -1.36. The highest BCUT2D eigenvalue weighted by Gasteiger charge is 2.58. The van der Waals surface area contributed by atoms with E-state index in [4.69, 9.17) is 15.5 Å². The number of anilines is 1. The first-order valence-electron chi connectivity index (χ1n) is 10.4. The molecule has 5 rings (SSSR count). The number of hydrogen-bond donors (Lipinski definition) is 1. The summed E-state index contributed by atoms with van der Waals surface area (Å²) in [6.45, 7) is 6.46. The summed E-state index contributed by atoms with van der Waals surface area (Å²) in [5.41, 5.74) is 9.38. The number of thiazole rings is 1. The fourth-order valence-electron chi connectivity index (χ4n) is 7.11. The van der Waals surface area contributed by atoms with Gasteiger partial charge in [0.05, 0.1) is 5.69 Å². The molecular formula is C22H30N2O2S. The fraction of sp³-hybridized carbons (Fsp3) is 0.727. The van der Waals surface area contributed by atoms with Gasteiger partial charge in [0.15, 0.2) is 5.13 Å². The maximum absolute atomic E-state index is 11.4. The summed E-state index contributed by atoms with van der Waals surface area (Å²) in [6.07, 6.45) is 10.5. The number of carbonyl (C=O) groups is 1. The lowest BCUT2D eigenvalue weighted by Gasteiger charge is -2.57. The highest BCUT2D eigenvalue weighted by atomic mass is 32.1. The summed E-state index contributed by atoms with van der Waals surface area (Å²) in [6, 6.07) is 0. The third kappa shape index (κ3) is 2.46. The molecule has 2 fully saturated rings. The van der Waals surface area contributed by atoms with Crippen LogP contribution >= 0.6 is 11.3 Å². The Morgan fingerprint density at radius 1 is 1.22 bits per heavy atom. The molecule has 146 valence electrons. The van der Waals surface area contributed by atoms with E-state index in [1.54, 1.807) is 16.9 Å². The molecule has 4 nitrogen and oxygen atoms in total. The van der Waals surface area contributed by atoms with E-state index in [2.05, 4.69) is 19.9 Å². The SMILES string of the molecule is CC(=O)O[C@H]1CC[C@@]2(C)C(=CC[C@@H]3[C@@H]2CC[C@]2(C)c4nc(N)sc4C[C@@H]32)C1. The van der Waals surface area contributed by atoms with Crippen molar-refractivity contribution in [3.63, 3.8) is 0 Å². The van der Waals surface area contributed by atoms with Gasteiger partial charge in [-0.1, -0.05) is 25.5 Å². The molecule has 2 N–H and O–H groups in total. The monoisotopic (exact) mass is 386 g/mol. The van der Waals surface area contributed by atoms with Crippen molar-refractivity contribution in [3.8, 4) is 0 Å². The van der Waals surface area contributed by atoms with Gasteiger partial charge in [-0.3, -0.25) is 4.79 Å². The molecule has 4 aliphatic rings. The van der Waals surface area contributed by atoms with Crippen LogP contribution in [0.2, 0.25) is 0 Å². The Labute approximate surface area is 165 Å². The Morgan fingerprint density at radius 2 is 2.00 bits per heavy atom. The van der Waals surface area contributed by atoms with Gasteiger partial charge in [-0.2, -0.15) is 0 Å². The quantitative estimate of drug-likeness (QED) is 0.564. The molecule has 1 aromatic heterocycles. The summed E-state index contributed by atoms with van der Waals surface area (Å²) < 4.78 is 5.55. The molecule has 0 aliphatic heterocycles. The molecule has 0 spiro atoms. The number of esters is 1. The van der Waals surface area contributed by atoms with Crippen LogP contribution in [0.5, 0.6) is 0 Å². The Balaban J connectivity index is 1.44. The second-order valence-electron chi connectivity index (χ2n) is 9.72. The number of nitrogen functional groups attached to an aromatic ring is 1. The topological polar surface area (TPSA) is 65.2 Å². The van der Waals surface area contributed by atoms with Crippen molar-refractivity contribution in [1.29, 1.82) is 0 Å². The van der Waals surface area contributed by atoms with Crippen molar-refractivity contribution in [1.82, 2.24) is 4.98 Å². The third-order valence-electron chi connectivity index (χ3n) is 8.44. The van der Waals surface area contributed by atoms with Crippen molar-refractivity contribution in [3.05, 3.63) is 22.2 Å². The number of nitrogens with two attached hydrogens (primary N) is 1.